The van der Waals surface area contributed by atoms with Gasteiger partial charge >= 0.3 is 0 Å². The Morgan fingerprint density at radius 3 is 2.68 bits per heavy atom. The summed E-state index contributed by atoms with van der Waals surface area (Å²) in [6.45, 7) is 8.19. The lowest BCUT2D eigenvalue weighted by molar-refractivity contribution is -0.126. The number of benzene rings is 1. The summed E-state index contributed by atoms with van der Waals surface area (Å²) in [4.78, 5) is 34.8. The molecule has 0 aliphatic carbocycles. The van der Waals surface area contributed by atoms with E-state index in [1.807, 2.05) is 11.5 Å². The van der Waals surface area contributed by atoms with Gasteiger partial charge in [0.25, 0.3) is 0 Å². The van der Waals surface area contributed by atoms with Crippen LogP contribution in [0.4, 0.5) is 14.6 Å². The fourth-order valence-electron chi connectivity index (χ4n) is 5.32. The fraction of sp³-hybridized carbons (Fsp3) is 0.593. The van der Waals surface area contributed by atoms with E-state index < -0.39 is 23.6 Å². The van der Waals surface area contributed by atoms with Gasteiger partial charge in [0.15, 0.2) is 5.82 Å². The standard InChI is InChI=1S/C27H38F2N6O2/c1-2-6-24(31-26(36)15-20-13-21(28)16-22(29)14-20)27(37)32-25-18-34(19-30-25)10-9-33-11-12-35-8-5-3-4-7-23(35)17-33/h13-14,16,18-19,23-24H,2-12,15,17H2,1H3,(H,31,36)(H,32,37)/t23?,24-/m0/s1. The van der Waals surface area contributed by atoms with Crippen LogP contribution in [0.25, 0.3) is 0 Å². The van der Waals surface area contributed by atoms with E-state index in [4.69, 9.17) is 0 Å². The molecule has 1 aromatic carbocycles. The van der Waals surface area contributed by atoms with Gasteiger partial charge in [0, 0.05) is 51.0 Å². The second-order valence-corrected chi connectivity index (χ2v) is 10.2. The molecule has 3 heterocycles. The van der Waals surface area contributed by atoms with E-state index in [0.717, 1.165) is 50.9 Å². The maximum atomic E-state index is 13.4. The Morgan fingerprint density at radius 1 is 1.08 bits per heavy atom. The van der Waals surface area contributed by atoms with Gasteiger partial charge in [-0.3, -0.25) is 19.4 Å². The molecule has 2 N–H and O–H groups in total. The number of imidazole rings is 1. The lowest BCUT2D eigenvalue weighted by atomic mass is 10.1. The minimum atomic E-state index is -0.767. The molecule has 0 saturated carbocycles. The van der Waals surface area contributed by atoms with Crippen molar-refractivity contribution < 1.29 is 18.4 Å². The summed E-state index contributed by atoms with van der Waals surface area (Å²) in [6, 6.07) is 2.88. The molecule has 2 fully saturated rings. The van der Waals surface area contributed by atoms with Gasteiger partial charge in [-0.05, 0) is 43.5 Å². The van der Waals surface area contributed by atoms with Crippen molar-refractivity contribution in [3.05, 3.63) is 47.9 Å². The fourth-order valence-corrected chi connectivity index (χ4v) is 5.32. The number of fused-ring (bicyclic) bond motifs is 1. The predicted octanol–water partition coefficient (Wildman–Crippen LogP) is 3.19. The molecular weight excluding hydrogens is 478 g/mol. The molecule has 4 rings (SSSR count). The number of aromatic nitrogens is 2. The molecular formula is C27H38F2N6O2. The lowest BCUT2D eigenvalue weighted by Gasteiger charge is -2.40. The summed E-state index contributed by atoms with van der Waals surface area (Å²) in [5.41, 5.74) is 0.213. The van der Waals surface area contributed by atoms with E-state index in [0.29, 0.717) is 24.7 Å². The summed E-state index contributed by atoms with van der Waals surface area (Å²) in [5, 5.41) is 5.48. The van der Waals surface area contributed by atoms with E-state index in [1.165, 1.54) is 32.2 Å². The average molecular weight is 517 g/mol. The number of amides is 2. The summed E-state index contributed by atoms with van der Waals surface area (Å²) >= 11 is 0. The first kappa shape index (κ1) is 27.2. The molecule has 8 nitrogen and oxygen atoms in total. The molecule has 202 valence electrons. The minimum absolute atomic E-state index is 0.213. The van der Waals surface area contributed by atoms with Crippen molar-refractivity contribution in [2.75, 3.05) is 38.0 Å². The Bertz CT molecular complexity index is 1040. The van der Waals surface area contributed by atoms with Crippen LogP contribution in [0, 0.1) is 11.6 Å². The number of piperazine rings is 1. The molecule has 0 spiro atoms. The monoisotopic (exact) mass is 516 g/mol. The first-order valence-electron chi connectivity index (χ1n) is 13.4. The van der Waals surface area contributed by atoms with Gasteiger partial charge < -0.3 is 15.2 Å². The highest BCUT2D eigenvalue weighted by Crippen LogP contribution is 2.20. The van der Waals surface area contributed by atoms with E-state index in [1.54, 1.807) is 12.5 Å². The zero-order valence-electron chi connectivity index (χ0n) is 21.6. The molecule has 0 radical (unpaired) electrons. The molecule has 2 amide bonds. The smallest absolute Gasteiger partial charge is 0.248 e. The van der Waals surface area contributed by atoms with Gasteiger partial charge in [-0.15, -0.1) is 0 Å². The molecule has 2 atom stereocenters. The second kappa shape index (κ2) is 13.1. The van der Waals surface area contributed by atoms with Crippen LogP contribution in [-0.4, -0.2) is 76.0 Å². The second-order valence-electron chi connectivity index (χ2n) is 10.2. The predicted molar refractivity (Wildman–Crippen MR) is 138 cm³/mol. The van der Waals surface area contributed by atoms with Gasteiger partial charge in [-0.2, -0.15) is 0 Å². The molecule has 2 aromatic rings. The Kier molecular flexibility index (Phi) is 9.62. The molecule has 2 saturated heterocycles. The van der Waals surface area contributed by atoms with Crippen molar-refractivity contribution in [3.8, 4) is 0 Å². The third kappa shape index (κ3) is 8.07. The van der Waals surface area contributed by atoms with Crippen molar-refractivity contribution >= 4 is 17.6 Å². The van der Waals surface area contributed by atoms with Gasteiger partial charge in [0.2, 0.25) is 11.8 Å². The van der Waals surface area contributed by atoms with E-state index in [-0.39, 0.29) is 17.9 Å². The topological polar surface area (TPSA) is 82.5 Å². The zero-order chi connectivity index (χ0) is 26.2. The van der Waals surface area contributed by atoms with Crippen LogP contribution in [0.5, 0.6) is 0 Å². The number of nitrogens with one attached hydrogen (secondary N) is 2. The SMILES string of the molecule is CCC[C@H](NC(=O)Cc1cc(F)cc(F)c1)C(=O)Nc1cn(CCN2CCN3CCCCCC3C2)cn1. The first-order chi connectivity index (χ1) is 17.9. The summed E-state index contributed by atoms with van der Waals surface area (Å²) in [6.07, 6.45) is 9.67. The molecule has 37 heavy (non-hydrogen) atoms. The van der Waals surface area contributed by atoms with Crippen LogP contribution >= 0.6 is 0 Å². The normalized spacial score (nSPS) is 19.6. The highest BCUT2D eigenvalue weighted by Gasteiger charge is 2.27. The number of halogens is 2. The largest absolute Gasteiger partial charge is 0.344 e. The van der Waals surface area contributed by atoms with Crippen molar-refractivity contribution in [2.45, 2.75) is 70.5 Å². The number of anilines is 1. The van der Waals surface area contributed by atoms with Crippen LogP contribution in [0.15, 0.2) is 30.7 Å². The van der Waals surface area contributed by atoms with Gasteiger partial charge in [0.1, 0.15) is 17.7 Å². The Labute approximate surface area is 217 Å². The van der Waals surface area contributed by atoms with Crippen LogP contribution in [0.2, 0.25) is 0 Å². The maximum Gasteiger partial charge on any atom is 0.248 e. The maximum absolute atomic E-state index is 13.4. The molecule has 1 unspecified atom stereocenters. The van der Waals surface area contributed by atoms with E-state index in [2.05, 4.69) is 25.4 Å². The van der Waals surface area contributed by atoms with Crippen molar-refractivity contribution in [1.82, 2.24) is 24.7 Å². The summed E-state index contributed by atoms with van der Waals surface area (Å²) < 4.78 is 28.8. The lowest BCUT2D eigenvalue weighted by Crippen LogP contribution is -2.53. The Hall–Kier alpha value is -2.85. The number of hydrogen-bond acceptors (Lipinski definition) is 5. The quantitative estimate of drug-likeness (QED) is 0.507. The van der Waals surface area contributed by atoms with Gasteiger partial charge in [-0.25, -0.2) is 13.8 Å². The van der Waals surface area contributed by atoms with E-state index in [9.17, 15) is 18.4 Å². The number of carbonyl (C=O) groups is 2. The minimum Gasteiger partial charge on any atom is -0.344 e. The summed E-state index contributed by atoms with van der Waals surface area (Å²) in [5.74, 6) is -1.89. The van der Waals surface area contributed by atoms with E-state index >= 15 is 0 Å². The third-order valence-corrected chi connectivity index (χ3v) is 7.25. The van der Waals surface area contributed by atoms with Gasteiger partial charge in [-0.1, -0.05) is 26.2 Å². The number of carbonyl (C=O) groups excluding carboxylic acids is 2. The highest BCUT2D eigenvalue weighted by atomic mass is 19.1. The third-order valence-electron chi connectivity index (χ3n) is 7.25. The van der Waals surface area contributed by atoms with Crippen LogP contribution in [0.3, 0.4) is 0 Å². The number of rotatable bonds is 10. The molecule has 10 heteroatoms. The highest BCUT2D eigenvalue weighted by molar-refractivity contribution is 5.96. The summed E-state index contributed by atoms with van der Waals surface area (Å²) in [7, 11) is 0. The first-order valence-corrected chi connectivity index (χ1v) is 13.4. The van der Waals surface area contributed by atoms with Crippen molar-refractivity contribution in [2.24, 2.45) is 0 Å². The van der Waals surface area contributed by atoms with Crippen molar-refractivity contribution in [1.29, 1.82) is 0 Å². The molecule has 1 aromatic heterocycles. The van der Waals surface area contributed by atoms with Crippen molar-refractivity contribution in [3.63, 3.8) is 0 Å². The van der Waals surface area contributed by atoms with Crippen LogP contribution < -0.4 is 10.6 Å². The molecule has 0 bridgehead atoms. The number of nitrogens with zero attached hydrogens (tertiary/aromatic N) is 4. The zero-order valence-corrected chi connectivity index (χ0v) is 21.6. The van der Waals surface area contributed by atoms with Crippen LogP contribution in [0.1, 0.15) is 51.0 Å². The Morgan fingerprint density at radius 2 is 1.89 bits per heavy atom. The molecule has 2 aliphatic rings. The van der Waals surface area contributed by atoms with Gasteiger partial charge in [0.05, 0.1) is 12.7 Å². The van der Waals surface area contributed by atoms with Crippen LogP contribution in [-0.2, 0) is 22.6 Å². The molecule has 2 aliphatic heterocycles. The average Bonchev–Trinajstić information content (AvgIpc) is 3.16. The number of hydrogen-bond donors (Lipinski definition) is 2. The Balaban J connectivity index is 1.25.